The Labute approximate surface area is 208 Å². The van der Waals surface area contributed by atoms with Crippen LogP contribution in [-0.4, -0.2) is 8.80 Å². The first kappa shape index (κ1) is 26.5. The van der Waals surface area contributed by atoms with Gasteiger partial charge in [-0.05, 0) is 16.9 Å². The number of halogens is 2. The summed E-state index contributed by atoms with van der Waals surface area (Å²) in [5.74, 6) is 0.480. The van der Waals surface area contributed by atoms with Crippen LogP contribution in [0.2, 0.25) is 13.1 Å². The van der Waals surface area contributed by atoms with E-state index in [4.69, 9.17) is 0 Å². The smallest absolute Gasteiger partial charge is 1.00 e. The maximum absolute atomic E-state index is 2.48. The summed E-state index contributed by atoms with van der Waals surface area (Å²) in [6.45, 7) is 14.1. The predicted octanol–water partition coefficient (Wildman–Crippen LogP) is 0.684. The molecule has 0 saturated carbocycles. The van der Waals surface area contributed by atoms with Crippen LogP contribution in [0, 0.1) is 11.3 Å². The van der Waals surface area contributed by atoms with Crippen molar-refractivity contribution in [3.8, 4) is 0 Å². The van der Waals surface area contributed by atoms with E-state index in [1.807, 2.05) is 0 Å². The minimum atomic E-state index is -0.545. The van der Waals surface area contributed by atoms with E-state index in [1.165, 1.54) is 38.3 Å². The summed E-state index contributed by atoms with van der Waals surface area (Å²) in [5, 5.41) is 7.15. The molecule has 1 unspecified atom stereocenters. The fraction of sp³-hybridized carbons (Fsp3) is 0.320. The zero-order valence-corrected chi connectivity index (χ0v) is 23.0. The van der Waals surface area contributed by atoms with E-state index in [9.17, 15) is 0 Å². The van der Waals surface area contributed by atoms with Crippen LogP contribution in [0.25, 0.3) is 27.1 Å². The summed E-state index contributed by atoms with van der Waals surface area (Å²) in [4.78, 5) is 0. The van der Waals surface area contributed by atoms with E-state index in [-0.39, 0.29) is 56.4 Å². The number of benzene rings is 2. The second-order valence-corrected chi connectivity index (χ2v) is 11.5. The first-order valence-corrected chi connectivity index (χ1v) is 12.1. The Kier molecular flexibility index (Phi) is 8.90. The Morgan fingerprint density at radius 1 is 0.931 bits per heavy atom. The van der Waals surface area contributed by atoms with Gasteiger partial charge in [0.05, 0.1) is 8.80 Å². The predicted molar refractivity (Wildman–Crippen MR) is 119 cm³/mol. The molecular formula is C25H28Cl2SiZr. The topological polar surface area (TPSA) is 0 Å². The summed E-state index contributed by atoms with van der Waals surface area (Å²) in [7, 11) is -0.545. The van der Waals surface area contributed by atoms with Crippen LogP contribution in [0.1, 0.15) is 33.3 Å². The van der Waals surface area contributed by atoms with Gasteiger partial charge >= 0.3 is 26.2 Å². The van der Waals surface area contributed by atoms with E-state index >= 15 is 0 Å². The normalized spacial score (nSPS) is 16.2. The molecule has 0 N–H and O–H groups in total. The van der Waals surface area contributed by atoms with Crippen LogP contribution >= 0.6 is 0 Å². The maximum Gasteiger partial charge on any atom is 3.00 e. The fourth-order valence-corrected chi connectivity index (χ4v) is 5.42. The van der Waals surface area contributed by atoms with Crippen molar-refractivity contribution >= 4 is 41.1 Å². The standard InChI is InChI=1S/C25H28Si.2ClH.Zr/c1-16-13-18(25(2,3)4)15-21(16)24-22-14-17-9-7-8-10-19(17)20(22)11-12-23(24)26(5)6;;;/h7-16H,1-6H3;2*1H;/q-1;;;+3/p-2. The van der Waals surface area contributed by atoms with Gasteiger partial charge in [0.15, 0.2) is 0 Å². The Balaban J connectivity index is 0.00000140. The van der Waals surface area contributed by atoms with Gasteiger partial charge in [-0.3, -0.25) is 0 Å². The van der Waals surface area contributed by atoms with Crippen molar-refractivity contribution in [3.05, 3.63) is 65.8 Å². The van der Waals surface area contributed by atoms with E-state index < -0.39 is 8.80 Å². The molecule has 0 fully saturated rings. The molecule has 1 aliphatic rings. The van der Waals surface area contributed by atoms with Crippen LogP contribution in [0.4, 0.5) is 0 Å². The average molecular weight is 519 g/mol. The Morgan fingerprint density at radius 3 is 2.17 bits per heavy atom. The Morgan fingerprint density at radius 2 is 1.59 bits per heavy atom. The van der Waals surface area contributed by atoms with Crippen LogP contribution in [-0.2, 0) is 26.2 Å². The second-order valence-electron chi connectivity index (χ2n) is 8.94. The van der Waals surface area contributed by atoms with E-state index in [0.717, 1.165) is 0 Å². The molecule has 2 radical (unpaired) electrons. The number of fused-ring (bicyclic) bond motifs is 3. The first-order valence-electron chi connectivity index (χ1n) is 9.63. The molecule has 0 saturated heterocycles. The van der Waals surface area contributed by atoms with Crippen molar-refractivity contribution in [2.45, 2.75) is 40.8 Å². The summed E-state index contributed by atoms with van der Waals surface area (Å²) >= 11 is 0. The Hall–Kier alpha value is -0.530. The molecule has 150 valence electrons. The van der Waals surface area contributed by atoms with Crippen LogP contribution in [0.5, 0.6) is 0 Å². The third-order valence-corrected chi connectivity index (χ3v) is 7.21. The zero-order valence-electron chi connectivity index (χ0n) is 18.0. The molecule has 1 aliphatic carbocycles. The SMILES string of the molecule is CC1C=C(C(C)(C)C)C=C1c1c([Si](C)C)ccc2c1[cH-]c1ccccc12.[Cl-].[Cl-].[Zr+3]. The van der Waals surface area contributed by atoms with Gasteiger partial charge in [-0.25, -0.2) is 0 Å². The van der Waals surface area contributed by atoms with Gasteiger partial charge in [-0.1, -0.05) is 99.6 Å². The molecule has 0 nitrogen and oxygen atoms in total. The molecular weight excluding hydrogens is 490 g/mol. The van der Waals surface area contributed by atoms with E-state index in [2.05, 4.69) is 95.4 Å². The third-order valence-electron chi connectivity index (χ3n) is 5.72. The fourth-order valence-electron chi connectivity index (χ4n) is 4.23. The summed E-state index contributed by atoms with van der Waals surface area (Å²) in [5.41, 5.74) is 4.70. The van der Waals surface area contributed by atoms with Crippen molar-refractivity contribution in [3.63, 3.8) is 0 Å². The minimum Gasteiger partial charge on any atom is -1.00 e. The number of rotatable bonds is 2. The molecule has 4 rings (SSSR count). The third kappa shape index (κ3) is 4.72. The van der Waals surface area contributed by atoms with Crippen molar-refractivity contribution in [2.24, 2.45) is 11.3 Å². The van der Waals surface area contributed by atoms with Gasteiger partial charge in [0.1, 0.15) is 0 Å². The van der Waals surface area contributed by atoms with Crippen LogP contribution in [0.15, 0.2) is 60.2 Å². The first-order chi connectivity index (χ1) is 12.3. The van der Waals surface area contributed by atoms with Crippen molar-refractivity contribution in [1.29, 1.82) is 0 Å². The van der Waals surface area contributed by atoms with Gasteiger partial charge < -0.3 is 24.8 Å². The van der Waals surface area contributed by atoms with Gasteiger partial charge in [0.25, 0.3) is 0 Å². The summed E-state index contributed by atoms with van der Waals surface area (Å²) < 4.78 is 0. The van der Waals surface area contributed by atoms with E-state index in [0.29, 0.717) is 5.92 Å². The summed E-state index contributed by atoms with van der Waals surface area (Å²) in [6, 6.07) is 16.0. The molecule has 3 aromatic rings. The number of hydrogen-bond donors (Lipinski definition) is 0. The quantitative estimate of drug-likeness (QED) is 0.346. The molecule has 1 atom stereocenters. The van der Waals surface area contributed by atoms with Crippen LogP contribution < -0.4 is 30.0 Å². The Bertz CT molecular complexity index is 1070. The molecule has 3 aromatic carbocycles. The molecule has 0 heterocycles. The van der Waals surface area contributed by atoms with Gasteiger partial charge in [0, 0.05) is 0 Å². The molecule has 0 aromatic heterocycles. The maximum atomic E-state index is 2.48. The molecule has 0 aliphatic heterocycles. The van der Waals surface area contributed by atoms with E-state index in [1.54, 1.807) is 5.19 Å². The van der Waals surface area contributed by atoms with Crippen molar-refractivity contribution < 1.29 is 51.0 Å². The van der Waals surface area contributed by atoms with Crippen molar-refractivity contribution in [1.82, 2.24) is 0 Å². The summed E-state index contributed by atoms with van der Waals surface area (Å²) in [6.07, 6.45) is 4.95. The zero-order chi connectivity index (χ0) is 18.6. The van der Waals surface area contributed by atoms with Gasteiger partial charge in [0.2, 0.25) is 0 Å². The molecule has 29 heavy (non-hydrogen) atoms. The number of allylic oxidation sites excluding steroid dienone is 4. The molecule has 0 amide bonds. The second kappa shape index (κ2) is 9.73. The van der Waals surface area contributed by atoms with Gasteiger partial charge in [-0.15, -0.1) is 33.7 Å². The van der Waals surface area contributed by atoms with Crippen LogP contribution in [0.3, 0.4) is 0 Å². The average Bonchev–Trinajstić information content (AvgIpc) is 3.14. The van der Waals surface area contributed by atoms with Crippen molar-refractivity contribution in [2.75, 3.05) is 0 Å². The number of hydrogen-bond acceptors (Lipinski definition) is 0. The monoisotopic (exact) mass is 516 g/mol. The molecule has 0 spiro atoms. The van der Waals surface area contributed by atoms with Gasteiger partial charge in [-0.2, -0.15) is 0 Å². The minimum absolute atomic E-state index is 0. The molecule has 4 heteroatoms. The molecule has 0 bridgehead atoms. The largest absolute Gasteiger partial charge is 3.00 e.